The highest BCUT2D eigenvalue weighted by Crippen LogP contribution is 2.05. The van der Waals surface area contributed by atoms with Crippen LogP contribution in [0.5, 0.6) is 0 Å². The molecule has 0 aromatic rings. The molecule has 16 heavy (non-hydrogen) atoms. The van der Waals surface area contributed by atoms with Crippen LogP contribution in [-0.2, 0) is 14.3 Å². The van der Waals surface area contributed by atoms with Gasteiger partial charge < -0.3 is 14.4 Å². The number of hydrogen-bond acceptors (Lipinski definition) is 4. The summed E-state index contributed by atoms with van der Waals surface area (Å²) in [7, 11) is 3.29. The lowest BCUT2D eigenvalue weighted by Gasteiger charge is -2.35. The summed E-state index contributed by atoms with van der Waals surface area (Å²) in [4.78, 5) is 15.6. The van der Waals surface area contributed by atoms with Gasteiger partial charge in [-0.2, -0.15) is 0 Å². The van der Waals surface area contributed by atoms with Crippen molar-refractivity contribution >= 4 is 5.91 Å². The topological polar surface area (TPSA) is 42.0 Å². The molecular formula is C11H22N2O3. The van der Waals surface area contributed by atoms with Gasteiger partial charge in [0, 0.05) is 53.4 Å². The molecule has 0 radical (unpaired) electrons. The van der Waals surface area contributed by atoms with Crippen LogP contribution in [0.4, 0.5) is 0 Å². The van der Waals surface area contributed by atoms with Crippen LogP contribution in [0, 0.1) is 0 Å². The minimum Gasteiger partial charge on any atom is -0.355 e. The average molecular weight is 230 g/mol. The van der Waals surface area contributed by atoms with Crippen LogP contribution in [-0.4, -0.2) is 68.9 Å². The van der Waals surface area contributed by atoms with E-state index < -0.39 is 0 Å². The first-order valence-corrected chi connectivity index (χ1v) is 5.77. The minimum atomic E-state index is -0.173. The van der Waals surface area contributed by atoms with Crippen LogP contribution < -0.4 is 0 Å². The van der Waals surface area contributed by atoms with E-state index in [0.717, 1.165) is 32.7 Å². The van der Waals surface area contributed by atoms with E-state index in [1.165, 1.54) is 0 Å². The van der Waals surface area contributed by atoms with E-state index in [2.05, 4.69) is 4.90 Å². The molecule has 5 nitrogen and oxygen atoms in total. The molecule has 0 saturated carbocycles. The summed E-state index contributed by atoms with van der Waals surface area (Å²) >= 11 is 0. The monoisotopic (exact) mass is 230 g/mol. The molecule has 0 spiro atoms. The number of carbonyl (C=O) groups is 1. The van der Waals surface area contributed by atoms with Gasteiger partial charge in [0.2, 0.25) is 5.91 Å². The van der Waals surface area contributed by atoms with Gasteiger partial charge in [0.25, 0.3) is 0 Å². The van der Waals surface area contributed by atoms with E-state index in [4.69, 9.17) is 9.47 Å². The van der Waals surface area contributed by atoms with Crippen LogP contribution in [0.2, 0.25) is 0 Å². The minimum absolute atomic E-state index is 0.173. The predicted octanol–water partition coefficient (Wildman–Crippen LogP) is 0.160. The number of nitrogens with zero attached hydrogens (tertiary/aromatic N) is 2. The molecule has 1 aliphatic heterocycles. The molecule has 0 bridgehead atoms. The molecule has 1 heterocycles. The first-order valence-electron chi connectivity index (χ1n) is 5.77. The smallest absolute Gasteiger partial charge is 0.222 e. The number of methoxy groups -OCH3 is 2. The van der Waals surface area contributed by atoms with Crippen LogP contribution in [0.25, 0.3) is 0 Å². The number of amides is 1. The van der Waals surface area contributed by atoms with Crippen molar-refractivity contribution in [3.05, 3.63) is 0 Å². The van der Waals surface area contributed by atoms with E-state index in [1.807, 2.05) is 11.8 Å². The number of rotatable bonds is 5. The second-order valence-electron chi connectivity index (χ2n) is 3.94. The number of ether oxygens (including phenoxy) is 2. The Balaban J connectivity index is 2.29. The summed E-state index contributed by atoms with van der Waals surface area (Å²) in [6.07, 6.45) is 0.423. The number of hydrogen-bond donors (Lipinski definition) is 0. The normalized spacial score (nSPS) is 18.1. The zero-order valence-electron chi connectivity index (χ0n) is 10.4. The molecule has 1 rings (SSSR count). The Bertz CT molecular complexity index is 211. The second kappa shape index (κ2) is 6.83. The summed E-state index contributed by atoms with van der Waals surface area (Å²) < 4.78 is 10.3. The summed E-state index contributed by atoms with van der Waals surface area (Å²) in [6, 6.07) is 0. The van der Waals surface area contributed by atoms with Gasteiger partial charge in [0.15, 0.2) is 6.29 Å². The maximum absolute atomic E-state index is 11.5. The van der Waals surface area contributed by atoms with E-state index >= 15 is 0 Å². The maximum atomic E-state index is 11.5. The van der Waals surface area contributed by atoms with Crippen LogP contribution >= 0.6 is 0 Å². The van der Waals surface area contributed by atoms with E-state index in [0.29, 0.717) is 6.42 Å². The molecular weight excluding hydrogens is 208 g/mol. The molecule has 0 aliphatic carbocycles. The maximum Gasteiger partial charge on any atom is 0.222 e. The van der Waals surface area contributed by atoms with Crippen molar-refractivity contribution in [1.82, 2.24) is 9.80 Å². The Morgan fingerprint density at radius 1 is 1.19 bits per heavy atom. The molecule has 0 unspecified atom stereocenters. The quantitative estimate of drug-likeness (QED) is 0.631. The molecule has 1 amide bonds. The highest BCUT2D eigenvalue weighted by Gasteiger charge is 2.21. The van der Waals surface area contributed by atoms with Crippen molar-refractivity contribution < 1.29 is 14.3 Å². The Hall–Kier alpha value is -0.650. The van der Waals surface area contributed by atoms with Gasteiger partial charge >= 0.3 is 0 Å². The fraction of sp³-hybridized carbons (Fsp3) is 0.909. The van der Waals surface area contributed by atoms with Crippen molar-refractivity contribution in [2.24, 2.45) is 0 Å². The fourth-order valence-electron chi connectivity index (χ4n) is 1.86. The summed E-state index contributed by atoms with van der Waals surface area (Å²) in [6.45, 7) is 6.09. The van der Waals surface area contributed by atoms with E-state index in [-0.39, 0.29) is 12.2 Å². The summed E-state index contributed by atoms with van der Waals surface area (Å²) in [5.41, 5.74) is 0. The second-order valence-corrected chi connectivity index (χ2v) is 3.94. The SMILES string of the molecule is CCC(=O)N1CCN(CC(OC)OC)CC1. The van der Waals surface area contributed by atoms with Crippen molar-refractivity contribution in [2.45, 2.75) is 19.6 Å². The van der Waals surface area contributed by atoms with Crippen LogP contribution in [0.1, 0.15) is 13.3 Å². The molecule has 0 N–H and O–H groups in total. The molecule has 0 aromatic heterocycles. The van der Waals surface area contributed by atoms with Gasteiger partial charge in [0.05, 0.1) is 0 Å². The zero-order chi connectivity index (χ0) is 12.0. The predicted molar refractivity (Wildman–Crippen MR) is 61.1 cm³/mol. The lowest BCUT2D eigenvalue weighted by Crippen LogP contribution is -2.50. The highest BCUT2D eigenvalue weighted by atomic mass is 16.7. The zero-order valence-corrected chi connectivity index (χ0v) is 10.4. The lowest BCUT2D eigenvalue weighted by molar-refractivity contribution is -0.136. The van der Waals surface area contributed by atoms with Gasteiger partial charge in [-0.05, 0) is 0 Å². The van der Waals surface area contributed by atoms with Gasteiger partial charge in [-0.25, -0.2) is 0 Å². The van der Waals surface area contributed by atoms with Gasteiger partial charge in [-0.3, -0.25) is 9.69 Å². The van der Waals surface area contributed by atoms with Crippen molar-refractivity contribution in [3.8, 4) is 0 Å². The van der Waals surface area contributed by atoms with Crippen molar-refractivity contribution in [3.63, 3.8) is 0 Å². The summed E-state index contributed by atoms with van der Waals surface area (Å²) in [5, 5.41) is 0. The molecule has 0 aromatic carbocycles. The standard InChI is InChI=1S/C11H22N2O3/c1-4-10(14)13-7-5-12(6-8-13)9-11(15-2)16-3/h11H,4-9H2,1-3H3. The summed E-state index contributed by atoms with van der Waals surface area (Å²) in [5.74, 6) is 0.245. The first-order chi connectivity index (χ1) is 7.71. The third kappa shape index (κ3) is 3.73. The lowest BCUT2D eigenvalue weighted by atomic mass is 10.3. The Labute approximate surface area is 97.3 Å². The Morgan fingerprint density at radius 3 is 2.19 bits per heavy atom. The van der Waals surface area contributed by atoms with Crippen LogP contribution in [0.3, 0.4) is 0 Å². The van der Waals surface area contributed by atoms with Crippen molar-refractivity contribution in [2.75, 3.05) is 46.9 Å². The third-order valence-electron chi connectivity index (χ3n) is 2.96. The molecule has 5 heteroatoms. The van der Waals surface area contributed by atoms with E-state index in [1.54, 1.807) is 14.2 Å². The number of piperazine rings is 1. The highest BCUT2D eigenvalue weighted by molar-refractivity contribution is 5.75. The average Bonchev–Trinajstić information content (AvgIpc) is 2.35. The Morgan fingerprint density at radius 2 is 1.75 bits per heavy atom. The molecule has 94 valence electrons. The number of carbonyl (C=O) groups excluding carboxylic acids is 1. The third-order valence-corrected chi connectivity index (χ3v) is 2.96. The fourth-order valence-corrected chi connectivity index (χ4v) is 1.86. The molecule has 1 aliphatic rings. The van der Waals surface area contributed by atoms with Gasteiger partial charge in [-0.15, -0.1) is 0 Å². The molecule has 0 atom stereocenters. The molecule has 1 fully saturated rings. The molecule has 1 saturated heterocycles. The van der Waals surface area contributed by atoms with Crippen LogP contribution in [0.15, 0.2) is 0 Å². The largest absolute Gasteiger partial charge is 0.355 e. The van der Waals surface area contributed by atoms with Gasteiger partial charge in [0.1, 0.15) is 0 Å². The first kappa shape index (κ1) is 13.4. The van der Waals surface area contributed by atoms with E-state index in [9.17, 15) is 4.79 Å². The Kier molecular flexibility index (Phi) is 5.73. The van der Waals surface area contributed by atoms with Gasteiger partial charge in [-0.1, -0.05) is 6.92 Å². The van der Waals surface area contributed by atoms with Crippen molar-refractivity contribution in [1.29, 1.82) is 0 Å².